The van der Waals surface area contributed by atoms with E-state index >= 15 is 0 Å². The molecule has 94 valence electrons. The Hall–Kier alpha value is -1.91. The van der Waals surface area contributed by atoms with Gasteiger partial charge in [-0.05, 0) is 35.4 Å². The lowest BCUT2D eigenvalue weighted by atomic mass is 10.2. The van der Waals surface area contributed by atoms with E-state index in [-0.39, 0.29) is 19.0 Å². The summed E-state index contributed by atoms with van der Waals surface area (Å²) in [4.78, 5) is 0. The topological polar surface area (TPSA) is 55.5 Å². The van der Waals surface area contributed by atoms with Gasteiger partial charge in [0.25, 0.3) is 0 Å². The Morgan fingerprint density at radius 2 is 1.72 bits per heavy atom. The molecule has 4 heteroatoms. The lowest BCUT2D eigenvalue weighted by molar-refractivity contribution is 0.281. The van der Waals surface area contributed by atoms with Crippen LogP contribution in [0.1, 0.15) is 11.1 Å². The molecule has 0 aliphatic rings. The molecule has 0 atom stereocenters. The van der Waals surface area contributed by atoms with Crippen LogP contribution in [-0.2, 0) is 13.2 Å². The summed E-state index contributed by atoms with van der Waals surface area (Å²) in [5.41, 5.74) is 6.94. The van der Waals surface area contributed by atoms with Crippen LogP contribution < -0.4 is 10.5 Å². The van der Waals surface area contributed by atoms with E-state index in [1.807, 2.05) is 0 Å². The Labute approximate surface area is 105 Å². The molecule has 0 bridgehead atoms. The van der Waals surface area contributed by atoms with Gasteiger partial charge < -0.3 is 15.6 Å². The van der Waals surface area contributed by atoms with Crippen molar-refractivity contribution < 1.29 is 14.2 Å². The molecule has 0 aromatic heterocycles. The van der Waals surface area contributed by atoms with Gasteiger partial charge in [-0.3, -0.25) is 0 Å². The van der Waals surface area contributed by atoms with Crippen LogP contribution in [0.15, 0.2) is 42.5 Å². The summed E-state index contributed by atoms with van der Waals surface area (Å²) in [6.07, 6.45) is 0. The average Bonchev–Trinajstić information content (AvgIpc) is 2.39. The number of aliphatic hydroxyl groups excluding tert-OH is 1. The van der Waals surface area contributed by atoms with E-state index in [0.717, 1.165) is 5.56 Å². The maximum Gasteiger partial charge on any atom is 0.130 e. The van der Waals surface area contributed by atoms with Crippen molar-refractivity contribution in [3.05, 3.63) is 59.4 Å². The van der Waals surface area contributed by atoms with Gasteiger partial charge >= 0.3 is 0 Å². The van der Waals surface area contributed by atoms with Crippen molar-refractivity contribution in [3.63, 3.8) is 0 Å². The fourth-order valence-electron chi connectivity index (χ4n) is 1.60. The zero-order valence-electron chi connectivity index (χ0n) is 9.77. The standard InChI is InChI=1S/C14H14FNO2/c15-12-5-11(8-16)6-14(7-12)18-13-3-1-10(9-17)2-4-13/h1-7,17H,8-9,16H2. The summed E-state index contributed by atoms with van der Waals surface area (Å²) in [5, 5.41) is 8.92. The van der Waals surface area contributed by atoms with E-state index in [0.29, 0.717) is 17.1 Å². The molecule has 0 fully saturated rings. The summed E-state index contributed by atoms with van der Waals surface area (Å²) in [5.74, 6) is 0.618. The molecule has 0 saturated heterocycles. The lowest BCUT2D eigenvalue weighted by Gasteiger charge is -2.08. The van der Waals surface area contributed by atoms with Crippen LogP contribution in [0.5, 0.6) is 11.5 Å². The van der Waals surface area contributed by atoms with Gasteiger partial charge in [0.1, 0.15) is 17.3 Å². The summed E-state index contributed by atoms with van der Waals surface area (Å²) in [7, 11) is 0. The second-order valence-corrected chi connectivity index (χ2v) is 3.90. The zero-order valence-corrected chi connectivity index (χ0v) is 9.77. The number of aliphatic hydroxyl groups is 1. The highest BCUT2D eigenvalue weighted by Gasteiger charge is 2.02. The Morgan fingerprint density at radius 3 is 2.33 bits per heavy atom. The second kappa shape index (κ2) is 5.62. The summed E-state index contributed by atoms with van der Waals surface area (Å²) >= 11 is 0. The average molecular weight is 247 g/mol. The highest BCUT2D eigenvalue weighted by atomic mass is 19.1. The van der Waals surface area contributed by atoms with Crippen LogP contribution in [0, 0.1) is 5.82 Å². The molecule has 0 unspecified atom stereocenters. The van der Waals surface area contributed by atoms with Crippen molar-refractivity contribution in [2.24, 2.45) is 5.73 Å². The normalized spacial score (nSPS) is 10.4. The van der Waals surface area contributed by atoms with Gasteiger partial charge in [-0.1, -0.05) is 12.1 Å². The molecule has 0 aliphatic carbocycles. The summed E-state index contributed by atoms with van der Waals surface area (Å²) < 4.78 is 18.8. The number of nitrogens with two attached hydrogens (primary N) is 1. The molecule has 18 heavy (non-hydrogen) atoms. The molecule has 0 heterocycles. The highest BCUT2D eigenvalue weighted by molar-refractivity contribution is 5.35. The number of halogens is 1. The Kier molecular flexibility index (Phi) is 3.92. The van der Waals surface area contributed by atoms with E-state index in [2.05, 4.69) is 0 Å². The first-order valence-electron chi connectivity index (χ1n) is 5.58. The maximum atomic E-state index is 13.3. The van der Waals surface area contributed by atoms with Crippen LogP contribution in [0.2, 0.25) is 0 Å². The minimum absolute atomic E-state index is 0.0163. The van der Waals surface area contributed by atoms with E-state index in [4.69, 9.17) is 15.6 Å². The number of ether oxygens (including phenoxy) is 1. The molecule has 2 aromatic carbocycles. The van der Waals surface area contributed by atoms with E-state index in [1.54, 1.807) is 30.3 Å². The number of rotatable bonds is 4. The largest absolute Gasteiger partial charge is 0.457 e. The van der Waals surface area contributed by atoms with Crippen molar-refractivity contribution in [1.29, 1.82) is 0 Å². The molecule has 0 amide bonds. The second-order valence-electron chi connectivity index (χ2n) is 3.90. The fraction of sp³-hybridized carbons (Fsp3) is 0.143. The predicted molar refractivity (Wildman–Crippen MR) is 66.7 cm³/mol. The van der Waals surface area contributed by atoms with Crippen molar-refractivity contribution in [3.8, 4) is 11.5 Å². The Bertz CT molecular complexity index is 526. The van der Waals surface area contributed by atoms with Gasteiger partial charge in [0.15, 0.2) is 0 Å². The van der Waals surface area contributed by atoms with Gasteiger partial charge in [-0.2, -0.15) is 0 Å². The van der Waals surface area contributed by atoms with E-state index in [1.165, 1.54) is 12.1 Å². The van der Waals surface area contributed by atoms with Crippen LogP contribution >= 0.6 is 0 Å². The van der Waals surface area contributed by atoms with Crippen molar-refractivity contribution in [1.82, 2.24) is 0 Å². The Morgan fingerprint density at radius 1 is 1.00 bits per heavy atom. The van der Waals surface area contributed by atoms with Crippen LogP contribution in [-0.4, -0.2) is 5.11 Å². The monoisotopic (exact) mass is 247 g/mol. The summed E-state index contributed by atoms with van der Waals surface area (Å²) in [6, 6.07) is 11.3. The zero-order chi connectivity index (χ0) is 13.0. The SMILES string of the molecule is NCc1cc(F)cc(Oc2ccc(CO)cc2)c1. The third-order valence-corrected chi connectivity index (χ3v) is 2.51. The van der Waals surface area contributed by atoms with Gasteiger partial charge in [-0.25, -0.2) is 4.39 Å². The van der Waals surface area contributed by atoms with Crippen molar-refractivity contribution in [2.75, 3.05) is 0 Å². The van der Waals surface area contributed by atoms with E-state index < -0.39 is 0 Å². The first-order valence-corrected chi connectivity index (χ1v) is 5.58. The molecule has 2 rings (SSSR count). The number of hydrogen-bond donors (Lipinski definition) is 2. The Balaban J connectivity index is 2.19. The number of hydrogen-bond acceptors (Lipinski definition) is 3. The van der Waals surface area contributed by atoms with E-state index in [9.17, 15) is 4.39 Å². The minimum Gasteiger partial charge on any atom is -0.457 e. The molecule has 0 radical (unpaired) electrons. The molecule has 3 N–H and O–H groups in total. The summed E-state index contributed by atoms with van der Waals surface area (Å²) in [6.45, 7) is 0.245. The third kappa shape index (κ3) is 3.06. The molecule has 0 spiro atoms. The quantitative estimate of drug-likeness (QED) is 0.873. The first kappa shape index (κ1) is 12.5. The fourth-order valence-corrected chi connectivity index (χ4v) is 1.60. The third-order valence-electron chi connectivity index (χ3n) is 2.51. The first-order chi connectivity index (χ1) is 8.71. The van der Waals surface area contributed by atoms with Gasteiger partial charge in [0.05, 0.1) is 6.61 Å². The molecular weight excluding hydrogens is 233 g/mol. The molecule has 0 saturated carbocycles. The lowest BCUT2D eigenvalue weighted by Crippen LogP contribution is -1.97. The van der Waals surface area contributed by atoms with Crippen LogP contribution in [0.3, 0.4) is 0 Å². The minimum atomic E-state index is -0.375. The van der Waals surface area contributed by atoms with Crippen LogP contribution in [0.25, 0.3) is 0 Å². The number of benzene rings is 2. The molecule has 0 aliphatic heterocycles. The smallest absolute Gasteiger partial charge is 0.130 e. The van der Waals surface area contributed by atoms with Gasteiger partial charge in [0, 0.05) is 12.6 Å². The maximum absolute atomic E-state index is 13.3. The highest BCUT2D eigenvalue weighted by Crippen LogP contribution is 2.23. The van der Waals surface area contributed by atoms with Gasteiger partial charge in [-0.15, -0.1) is 0 Å². The van der Waals surface area contributed by atoms with Crippen molar-refractivity contribution in [2.45, 2.75) is 13.2 Å². The molecule has 2 aromatic rings. The molecule has 3 nitrogen and oxygen atoms in total. The van der Waals surface area contributed by atoms with Crippen molar-refractivity contribution >= 4 is 0 Å². The van der Waals surface area contributed by atoms with Crippen LogP contribution in [0.4, 0.5) is 4.39 Å². The predicted octanol–water partition coefficient (Wildman–Crippen LogP) is 2.57. The van der Waals surface area contributed by atoms with Gasteiger partial charge in [0.2, 0.25) is 0 Å². The molecular formula is C14H14FNO2.